The van der Waals surface area contributed by atoms with E-state index in [1.54, 1.807) is 20.1 Å². The van der Waals surface area contributed by atoms with E-state index in [1.165, 1.54) is 42.2 Å². The first-order valence-corrected chi connectivity index (χ1v) is 14.2. The smallest absolute Gasteiger partial charge is 0.333 e. The summed E-state index contributed by atoms with van der Waals surface area (Å²) < 4.78 is 20.0. The molecule has 0 spiro atoms. The molecule has 0 aliphatic heterocycles. The molecule has 0 unspecified atom stereocenters. The first-order valence-electron chi connectivity index (χ1n) is 13.4. The van der Waals surface area contributed by atoms with Gasteiger partial charge in [-0.3, -0.25) is 9.36 Å². The number of fused-ring (bicyclic) bond motifs is 1. The Kier molecular flexibility index (Phi) is 7.91. The lowest BCUT2D eigenvalue weighted by Crippen LogP contribution is -2.52. The summed E-state index contributed by atoms with van der Waals surface area (Å²) in [6.45, 7) is 4.36. The predicted molar refractivity (Wildman–Crippen MR) is 153 cm³/mol. The first-order chi connectivity index (χ1) is 19.5. The molecular formula is C29H33N3O8S. The monoisotopic (exact) mass is 583 g/mol. The summed E-state index contributed by atoms with van der Waals surface area (Å²) in [5, 5.41) is 20.2. The highest BCUT2D eigenvalue weighted by atomic mass is 32.1. The number of aliphatic hydroxyl groups is 1. The number of ether oxygens (including phenoxy) is 2. The van der Waals surface area contributed by atoms with Gasteiger partial charge in [-0.1, -0.05) is 18.2 Å². The molecule has 11 nitrogen and oxygen atoms in total. The number of nitrogens with zero attached hydrogens (tertiary/aromatic N) is 3. The normalized spacial score (nSPS) is 18.5. The number of aliphatic carboxylic acids is 1. The zero-order valence-electron chi connectivity index (χ0n) is 23.3. The number of carbonyl (C=O) groups is 1. The van der Waals surface area contributed by atoms with Gasteiger partial charge >= 0.3 is 11.7 Å². The number of rotatable bonds is 9. The SMILES string of the molecule is COc1ccccc1[C@H](Cn1c(=O)n(C(C)(C)C(=O)O)c(=O)c2c(C)c(-c3ncco3)sc21)OC1CCC(O)CC1. The quantitative estimate of drug-likeness (QED) is 0.298. The van der Waals surface area contributed by atoms with Gasteiger partial charge < -0.3 is 24.1 Å². The predicted octanol–water partition coefficient (Wildman–Crippen LogP) is 4.08. The van der Waals surface area contributed by atoms with Crippen LogP contribution in [0, 0.1) is 6.92 Å². The van der Waals surface area contributed by atoms with Gasteiger partial charge in [0.1, 0.15) is 28.5 Å². The summed E-state index contributed by atoms with van der Waals surface area (Å²) in [6, 6.07) is 7.35. The van der Waals surface area contributed by atoms with E-state index >= 15 is 0 Å². The van der Waals surface area contributed by atoms with Crippen LogP contribution < -0.4 is 16.0 Å². The molecule has 12 heteroatoms. The van der Waals surface area contributed by atoms with E-state index in [2.05, 4.69) is 4.98 Å². The molecule has 0 radical (unpaired) electrons. The number of hydrogen-bond acceptors (Lipinski definition) is 9. The fraction of sp³-hybridized carbons (Fsp3) is 0.448. The third kappa shape index (κ3) is 5.22. The second-order valence-corrected chi connectivity index (χ2v) is 11.8. The average molecular weight is 584 g/mol. The van der Waals surface area contributed by atoms with Crippen molar-refractivity contribution in [1.29, 1.82) is 0 Å². The second-order valence-electron chi connectivity index (χ2n) is 10.8. The maximum absolute atomic E-state index is 14.1. The summed E-state index contributed by atoms with van der Waals surface area (Å²) in [7, 11) is 1.55. The lowest BCUT2D eigenvalue weighted by Gasteiger charge is -2.31. The number of benzene rings is 1. The molecule has 1 atom stereocenters. The lowest BCUT2D eigenvalue weighted by molar-refractivity contribution is -0.146. The van der Waals surface area contributed by atoms with Gasteiger partial charge in [0.05, 0.1) is 42.3 Å². The van der Waals surface area contributed by atoms with Gasteiger partial charge in [0.25, 0.3) is 5.56 Å². The van der Waals surface area contributed by atoms with Crippen LogP contribution in [0.15, 0.2) is 50.7 Å². The molecule has 2 N–H and O–H groups in total. The van der Waals surface area contributed by atoms with Crippen LogP contribution in [0.3, 0.4) is 0 Å². The van der Waals surface area contributed by atoms with Crippen LogP contribution in [0.25, 0.3) is 21.0 Å². The fourth-order valence-electron chi connectivity index (χ4n) is 5.36. The van der Waals surface area contributed by atoms with E-state index in [9.17, 15) is 24.6 Å². The highest BCUT2D eigenvalue weighted by Gasteiger charge is 2.36. The van der Waals surface area contributed by atoms with Gasteiger partial charge in [0.2, 0.25) is 5.89 Å². The molecule has 4 aromatic rings. The minimum absolute atomic E-state index is 0.0181. The number of aryl methyl sites for hydroxylation is 1. The molecule has 1 aromatic carbocycles. The standard InChI is InChI=1S/C29H33N3O8S/c1-16-22-25(34)32(29(2,3)27(35)36)28(37)31(26(22)41-23(16)24-30-13-14-39-24)15-21(19-7-5-6-8-20(19)38-4)40-18-11-9-17(33)10-12-18/h5-8,13-14,17-18,21,33H,9-12,15H2,1-4H3,(H,35,36)/t17?,18?,21-/m0/s1. The van der Waals surface area contributed by atoms with Crippen LogP contribution in [0.5, 0.6) is 5.75 Å². The topological polar surface area (TPSA) is 146 Å². The van der Waals surface area contributed by atoms with E-state index in [-0.39, 0.29) is 24.1 Å². The van der Waals surface area contributed by atoms with Crippen molar-refractivity contribution in [2.24, 2.45) is 0 Å². The van der Waals surface area contributed by atoms with Crippen molar-refractivity contribution >= 4 is 27.5 Å². The Morgan fingerprint density at radius 1 is 1.22 bits per heavy atom. The molecular weight excluding hydrogens is 550 g/mol. The molecule has 0 amide bonds. The van der Waals surface area contributed by atoms with Crippen LogP contribution in [-0.4, -0.2) is 49.6 Å². The van der Waals surface area contributed by atoms with Crippen molar-refractivity contribution < 1.29 is 28.9 Å². The van der Waals surface area contributed by atoms with Gasteiger partial charge in [-0.2, -0.15) is 0 Å². The Labute approximate surface area is 239 Å². The Morgan fingerprint density at radius 3 is 2.56 bits per heavy atom. The lowest BCUT2D eigenvalue weighted by atomic mass is 9.94. The third-order valence-corrected chi connectivity index (χ3v) is 9.06. The van der Waals surface area contributed by atoms with Gasteiger partial charge in [0, 0.05) is 5.56 Å². The van der Waals surface area contributed by atoms with Crippen LogP contribution in [-0.2, 0) is 21.6 Å². The maximum Gasteiger partial charge on any atom is 0.333 e. The summed E-state index contributed by atoms with van der Waals surface area (Å²) in [5.74, 6) is -0.453. The van der Waals surface area contributed by atoms with Crippen molar-refractivity contribution in [3.05, 3.63) is 68.7 Å². The van der Waals surface area contributed by atoms with Crippen molar-refractivity contribution in [3.63, 3.8) is 0 Å². The minimum atomic E-state index is -1.83. The van der Waals surface area contributed by atoms with Gasteiger partial charge in [-0.25, -0.2) is 19.1 Å². The van der Waals surface area contributed by atoms with Crippen LogP contribution in [0.1, 0.15) is 56.8 Å². The Morgan fingerprint density at radius 2 is 1.93 bits per heavy atom. The summed E-state index contributed by atoms with van der Waals surface area (Å²) >= 11 is 1.18. The van der Waals surface area contributed by atoms with E-state index < -0.39 is 28.9 Å². The number of aliphatic hydroxyl groups excluding tert-OH is 1. The Balaban J connectivity index is 1.74. The molecule has 3 aromatic heterocycles. The molecule has 5 rings (SSSR count). The molecule has 0 bridgehead atoms. The largest absolute Gasteiger partial charge is 0.496 e. The minimum Gasteiger partial charge on any atom is -0.496 e. The molecule has 0 saturated heterocycles. The van der Waals surface area contributed by atoms with Crippen LogP contribution >= 0.6 is 11.3 Å². The Hall–Kier alpha value is -3.74. The van der Waals surface area contributed by atoms with Crippen LogP contribution in [0.2, 0.25) is 0 Å². The molecule has 41 heavy (non-hydrogen) atoms. The zero-order valence-corrected chi connectivity index (χ0v) is 24.1. The first kappa shape index (κ1) is 28.8. The Bertz CT molecular complexity index is 1680. The molecule has 1 aliphatic carbocycles. The highest BCUT2D eigenvalue weighted by Crippen LogP contribution is 2.38. The fourth-order valence-corrected chi connectivity index (χ4v) is 6.60. The number of hydrogen-bond donors (Lipinski definition) is 2. The molecule has 3 heterocycles. The number of carboxylic acids is 1. The number of para-hydroxylation sites is 1. The molecule has 1 aliphatic rings. The number of oxazole rings is 1. The van der Waals surface area contributed by atoms with Gasteiger partial charge in [0.15, 0.2) is 0 Å². The number of carboxylic acid groups (broad SMARTS) is 1. The molecule has 1 saturated carbocycles. The highest BCUT2D eigenvalue weighted by molar-refractivity contribution is 7.22. The van der Waals surface area contributed by atoms with Gasteiger partial charge in [-0.05, 0) is 58.1 Å². The van der Waals surface area contributed by atoms with E-state index in [0.717, 1.165) is 4.57 Å². The van der Waals surface area contributed by atoms with E-state index in [4.69, 9.17) is 13.9 Å². The van der Waals surface area contributed by atoms with Crippen LogP contribution in [0.4, 0.5) is 0 Å². The maximum atomic E-state index is 14.1. The van der Waals surface area contributed by atoms with Gasteiger partial charge in [-0.15, -0.1) is 11.3 Å². The number of thiophene rings is 1. The van der Waals surface area contributed by atoms with E-state index in [1.807, 2.05) is 18.2 Å². The van der Waals surface area contributed by atoms with Crippen molar-refractivity contribution in [2.45, 2.75) is 76.9 Å². The summed E-state index contributed by atoms with van der Waals surface area (Å²) in [5.41, 5.74) is -2.05. The second kappa shape index (κ2) is 11.3. The van der Waals surface area contributed by atoms with Crippen molar-refractivity contribution in [3.8, 4) is 16.5 Å². The van der Waals surface area contributed by atoms with Crippen molar-refractivity contribution in [1.82, 2.24) is 14.1 Å². The summed E-state index contributed by atoms with van der Waals surface area (Å²) in [4.78, 5) is 45.4. The summed E-state index contributed by atoms with van der Waals surface area (Å²) in [6.07, 6.45) is 4.20. The van der Waals surface area contributed by atoms with Crippen molar-refractivity contribution in [2.75, 3.05) is 7.11 Å². The van der Waals surface area contributed by atoms with E-state index in [0.29, 0.717) is 58.2 Å². The third-order valence-electron chi connectivity index (χ3n) is 7.76. The average Bonchev–Trinajstić information content (AvgIpc) is 3.59. The number of methoxy groups -OCH3 is 1. The molecule has 218 valence electrons. The molecule has 1 fully saturated rings. The zero-order chi connectivity index (χ0) is 29.5. The number of aromatic nitrogens is 3.